The van der Waals surface area contributed by atoms with Gasteiger partial charge >= 0.3 is 0 Å². The van der Waals surface area contributed by atoms with Gasteiger partial charge in [-0.15, -0.1) is 0 Å². The Morgan fingerprint density at radius 3 is 2.93 bits per heavy atom. The summed E-state index contributed by atoms with van der Waals surface area (Å²) in [6.45, 7) is 0.771. The highest BCUT2D eigenvalue weighted by Gasteiger charge is 2.08. The third-order valence-electron chi connectivity index (χ3n) is 1.78. The number of pyridine rings is 1. The molecule has 0 fully saturated rings. The fourth-order valence-corrected chi connectivity index (χ4v) is 1.62. The van der Waals surface area contributed by atoms with Crippen LogP contribution in [0.4, 0.5) is 10.2 Å². The molecule has 0 amide bonds. The van der Waals surface area contributed by atoms with Gasteiger partial charge in [0.15, 0.2) is 11.6 Å². The molecule has 0 saturated heterocycles. The van der Waals surface area contributed by atoms with E-state index >= 15 is 0 Å². The Bertz CT molecular complexity index is 309. The molecule has 1 aromatic rings. The van der Waals surface area contributed by atoms with Gasteiger partial charge in [-0.3, -0.25) is 0 Å². The fourth-order valence-electron chi connectivity index (χ4n) is 1.02. The molecule has 1 heterocycles. The number of thioether (sulfide) groups is 1. The summed E-state index contributed by atoms with van der Waals surface area (Å²) in [5.41, 5.74) is 0. The van der Waals surface area contributed by atoms with Crippen molar-refractivity contribution < 1.29 is 4.39 Å². The summed E-state index contributed by atoms with van der Waals surface area (Å²) in [4.78, 5) is 5.72. The van der Waals surface area contributed by atoms with E-state index in [9.17, 15) is 4.39 Å². The molecule has 1 rings (SSSR count). The van der Waals surface area contributed by atoms with Crippen LogP contribution in [0.3, 0.4) is 0 Å². The first-order valence-electron chi connectivity index (χ1n) is 4.16. The van der Waals surface area contributed by atoms with E-state index in [0.717, 1.165) is 12.3 Å². The van der Waals surface area contributed by atoms with Crippen molar-refractivity contribution in [3.05, 3.63) is 23.1 Å². The van der Waals surface area contributed by atoms with Crippen molar-refractivity contribution in [1.29, 1.82) is 0 Å². The minimum atomic E-state index is -0.374. The zero-order chi connectivity index (χ0) is 10.6. The SMILES string of the molecule is CSCCN(C)c1ncc(Cl)cc1F. The van der Waals surface area contributed by atoms with Gasteiger partial charge in [0.2, 0.25) is 0 Å². The second-order valence-electron chi connectivity index (χ2n) is 2.87. The normalized spacial score (nSPS) is 10.3. The third kappa shape index (κ3) is 3.03. The van der Waals surface area contributed by atoms with Gasteiger partial charge in [0.25, 0.3) is 0 Å². The van der Waals surface area contributed by atoms with Crippen LogP contribution in [0.2, 0.25) is 5.02 Å². The summed E-state index contributed by atoms with van der Waals surface area (Å²) in [6.07, 6.45) is 3.47. The van der Waals surface area contributed by atoms with Crippen molar-refractivity contribution >= 4 is 29.2 Å². The standard InChI is InChI=1S/C9H12ClFN2S/c1-13(3-4-14-2)9-8(11)5-7(10)6-12-9/h5-6H,3-4H2,1-2H3. The van der Waals surface area contributed by atoms with Crippen LogP contribution in [0.15, 0.2) is 12.3 Å². The molecule has 78 valence electrons. The first-order chi connectivity index (χ1) is 6.65. The van der Waals surface area contributed by atoms with Crippen molar-refractivity contribution in [3.8, 4) is 0 Å². The van der Waals surface area contributed by atoms with Gasteiger partial charge in [0.1, 0.15) is 0 Å². The molecule has 14 heavy (non-hydrogen) atoms. The second-order valence-corrected chi connectivity index (χ2v) is 4.30. The molecule has 0 spiro atoms. The number of rotatable bonds is 4. The summed E-state index contributed by atoms with van der Waals surface area (Å²) in [5.74, 6) is 0.921. The molecule has 2 nitrogen and oxygen atoms in total. The largest absolute Gasteiger partial charge is 0.356 e. The lowest BCUT2D eigenvalue weighted by atomic mass is 10.4. The first kappa shape index (κ1) is 11.6. The Hall–Kier alpha value is -0.480. The Morgan fingerprint density at radius 1 is 1.64 bits per heavy atom. The molecule has 1 aromatic heterocycles. The molecule has 0 atom stereocenters. The molecule has 0 aliphatic carbocycles. The highest BCUT2D eigenvalue weighted by atomic mass is 35.5. The van der Waals surface area contributed by atoms with E-state index in [4.69, 9.17) is 11.6 Å². The molecule has 0 saturated carbocycles. The molecule has 0 unspecified atom stereocenters. The number of hydrogen-bond donors (Lipinski definition) is 0. The predicted octanol–water partition coefficient (Wildman–Crippen LogP) is 2.67. The van der Waals surface area contributed by atoms with Crippen LogP contribution in [-0.4, -0.2) is 30.6 Å². The Kier molecular flexibility index (Phi) is 4.48. The minimum Gasteiger partial charge on any atom is -0.356 e. The maximum absolute atomic E-state index is 13.3. The van der Waals surface area contributed by atoms with Gasteiger partial charge in [0.05, 0.1) is 5.02 Å². The monoisotopic (exact) mass is 234 g/mol. The number of anilines is 1. The summed E-state index contributed by atoms with van der Waals surface area (Å²) in [6, 6.07) is 1.28. The van der Waals surface area contributed by atoms with E-state index in [1.54, 1.807) is 16.7 Å². The Labute approximate surface area is 92.5 Å². The molecule has 5 heteroatoms. The fraction of sp³-hybridized carbons (Fsp3) is 0.444. The smallest absolute Gasteiger partial charge is 0.167 e. The van der Waals surface area contributed by atoms with Gasteiger partial charge in [-0.2, -0.15) is 11.8 Å². The first-order valence-corrected chi connectivity index (χ1v) is 5.93. The molecular weight excluding hydrogens is 223 g/mol. The maximum Gasteiger partial charge on any atom is 0.167 e. The zero-order valence-corrected chi connectivity index (χ0v) is 9.70. The van der Waals surface area contributed by atoms with E-state index in [-0.39, 0.29) is 5.82 Å². The van der Waals surface area contributed by atoms with Crippen LogP contribution in [0.1, 0.15) is 0 Å². The van der Waals surface area contributed by atoms with E-state index in [1.165, 1.54) is 12.3 Å². The topological polar surface area (TPSA) is 16.1 Å². The lowest BCUT2D eigenvalue weighted by Crippen LogP contribution is -2.22. The van der Waals surface area contributed by atoms with E-state index in [1.807, 2.05) is 13.3 Å². The van der Waals surface area contributed by atoms with Crippen molar-refractivity contribution in [2.24, 2.45) is 0 Å². The van der Waals surface area contributed by atoms with Crippen LogP contribution in [0, 0.1) is 5.82 Å². The molecule has 0 aromatic carbocycles. The van der Waals surface area contributed by atoms with Gasteiger partial charge in [-0.25, -0.2) is 9.37 Å². The number of nitrogens with zero attached hydrogens (tertiary/aromatic N) is 2. The molecule has 0 aliphatic heterocycles. The summed E-state index contributed by atoms with van der Waals surface area (Å²) in [7, 11) is 1.82. The van der Waals surface area contributed by atoms with Crippen molar-refractivity contribution in [3.63, 3.8) is 0 Å². The average molecular weight is 235 g/mol. The number of hydrogen-bond acceptors (Lipinski definition) is 3. The number of halogens is 2. The second kappa shape index (κ2) is 5.41. The van der Waals surface area contributed by atoms with Crippen molar-refractivity contribution in [2.75, 3.05) is 30.5 Å². The highest BCUT2D eigenvalue weighted by molar-refractivity contribution is 7.98. The Morgan fingerprint density at radius 2 is 2.36 bits per heavy atom. The molecule has 0 aliphatic rings. The van der Waals surface area contributed by atoms with Gasteiger partial charge < -0.3 is 4.90 Å². The Balaban J connectivity index is 2.74. The van der Waals surface area contributed by atoms with E-state index in [0.29, 0.717) is 10.8 Å². The van der Waals surface area contributed by atoms with Crippen LogP contribution in [-0.2, 0) is 0 Å². The zero-order valence-electron chi connectivity index (χ0n) is 8.13. The molecular formula is C9H12ClFN2S. The summed E-state index contributed by atoms with van der Waals surface area (Å²) < 4.78 is 13.3. The highest BCUT2D eigenvalue weighted by Crippen LogP contribution is 2.18. The molecule has 0 radical (unpaired) electrons. The lowest BCUT2D eigenvalue weighted by Gasteiger charge is -2.17. The van der Waals surface area contributed by atoms with Crippen LogP contribution in [0.25, 0.3) is 0 Å². The average Bonchev–Trinajstić information content (AvgIpc) is 2.14. The van der Waals surface area contributed by atoms with Crippen LogP contribution in [0.5, 0.6) is 0 Å². The van der Waals surface area contributed by atoms with E-state index < -0.39 is 0 Å². The molecule has 0 N–H and O–H groups in total. The maximum atomic E-state index is 13.3. The lowest BCUT2D eigenvalue weighted by molar-refractivity contribution is 0.617. The van der Waals surface area contributed by atoms with Crippen molar-refractivity contribution in [1.82, 2.24) is 4.98 Å². The quantitative estimate of drug-likeness (QED) is 0.797. The van der Waals surface area contributed by atoms with Crippen LogP contribution < -0.4 is 4.90 Å². The summed E-state index contributed by atoms with van der Waals surface area (Å²) in [5, 5.41) is 0.324. The van der Waals surface area contributed by atoms with Crippen LogP contribution >= 0.6 is 23.4 Å². The van der Waals surface area contributed by atoms with E-state index in [2.05, 4.69) is 4.98 Å². The minimum absolute atomic E-state index is 0.324. The van der Waals surface area contributed by atoms with Gasteiger partial charge in [-0.1, -0.05) is 11.6 Å². The predicted molar refractivity (Wildman–Crippen MR) is 60.9 cm³/mol. The van der Waals surface area contributed by atoms with Crippen molar-refractivity contribution in [2.45, 2.75) is 0 Å². The van der Waals surface area contributed by atoms with Gasteiger partial charge in [-0.05, 0) is 12.3 Å². The number of aromatic nitrogens is 1. The molecule has 0 bridgehead atoms. The van der Waals surface area contributed by atoms with Gasteiger partial charge in [0, 0.05) is 25.5 Å². The summed E-state index contributed by atoms with van der Waals surface area (Å²) >= 11 is 7.32. The third-order valence-corrected chi connectivity index (χ3v) is 2.58.